The van der Waals surface area contributed by atoms with E-state index in [1.165, 1.54) is 77.0 Å². The Morgan fingerprint density at radius 3 is 1.84 bits per heavy atom. The van der Waals surface area contributed by atoms with E-state index in [1.807, 2.05) is 24.3 Å². The van der Waals surface area contributed by atoms with Crippen molar-refractivity contribution in [1.82, 2.24) is 0 Å². The van der Waals surface area contributed by atoms with Crippen molar-refractivity contribution in [3.8, 4) is 0 Å². The predicted molar refractivity (Wildman–Crippen MR) is 136 cm³/mol. The minimum Gasteiger partial charge on any atom is -0.462 e. The van der Waals surface area contributed by atoms with Gasteiger partial charge in [0.2, 0.25) is 0 Å². The molecule has 3 nitrogen and oxygen atoms in total. The van der Waals surface area contributed by atoms with Gasteiger partial charge in [0.15, 0.2) is 0 Å². The Bertz CT molecular complexity index is 603. The van der Waals surface area contributed by atoms with Crippen LogP contribution in [0.3, 0.4) is 0 Å². The first-order chi connectivity index (χ1) is 15.4. The first-order valence-electron chi connectivity index (χ1n) is 13.3. The second-order valence-electron chi connectivity index (χ2n) is 10.4. The summed E-state index contributed by atoms with van der Waals surface area (Å²) in [5.74, 6) is -0.288. The van der Waals surface area contributed by atoms with E-state index in [0.717, 1.165) is 18.4 Å². The summed E-state index contributed by atoms with van der Waals surface area (Å²) in [5, 5.41) is 10.2. The van der Waals surface area contributed by atoms with Gasteiger partial charge in [0.05, 0.1) is 18.3 Å². The molecule has 1 unspecified atom stereocenters. The molecule has 184 valence electrons. The number of esters is 1. The van der Waals surface area contributed by atoms with Crippen LogP contribution in [-0.4, -0.2) is 23.8 Å². The van der Waals surface area contributed by atoms with Crippen molar-refractivity contribution in [3.05, 3.63) is 35.4 Å². The largest absolute Gasteiger partial charge is 0.462 e. The summed E-state index contributed by atoms with van der Waals surface area (Å²) in [5.41, 5.74) is 1.52. The van der Waals surface area contributed by atoms with Crippen LogP contribution in [0, 0.1) is 0 Å². The Morgan fingerprint density at radius 1 is 0.812 bits per heavy atom. The number of ether oxygens (including phenoxy) is 1. The van der Waals surface area contributed by atoms with Gasteiger partial charge < -0.3 is 9.84 Å². The maximum Gasteiger partial charge on any atom is 0.338 e. The molecule has 32 heavy (non-hydrogen) atoms. The summed E-state index contributed by atoms with van der Waals surface area (Å²) in [6, 6.07) is 7.64. The van der Waals surface area contributed by atoms with Crippen molar-refractivity contribution in [3.63, 3.8) is 0 Å². The van der Waals surface area contributed by atoms with E-state index in [-0.39, 0.29) is 24.1 Å². The van der Waals surface area contributed by atoms with Gasteiger partial charge in [-0.2, -0.15) is 0 Å². The lowest BCUT2D eigenvalue weighted by Gasteiger charge is -2.22. The average molecular weight is 447 g/mol. The van der Waals surface area contributed by atoms with Crippen molar-refractivity contribution in [2.45, 2.75) is 136 Å². The van der Waals surface area contributed by atoms with E-state index in [0.29, 0.717) is 12.0 Å². The van der Waals surface area contributed by atoms with Gasteiger partial charge in [-0.05, 0) is 23.5 Å². The Labute approximate surface area is 198 Å². The van der Waals surface area contributed by atoms with E-state index in [2.05, 4.69) is 27.7 Å². The monoisotopic (exact) mass is 446 g/mol. The van der Waals surface area contributed by atoms with E-state index in [1.54, 1.807) is 0 Å². The maximum atomic E-state index is 12.5. The van der Waals surface area contributed by atoms with Crippen LogP contribution in [-0.2, 0) is 10.2 Å². The highest BCUT2D eigenvalue weighted by Gasteiger charge is 2.22. The molecule has 0 aliphatic carbocycles. The summed E-state index contributed by atoms with van der Waals surface area (Å²) in [6.07, 6.45) is 18.2. The zero-order chi connectivity index (χ0) is 23.7. The highest BCUT2D eigenvalue weighted by Crippen LogP contribution is 2.26. The molecule has 1 aromatic carbocycles. The minimum atomic E-state index is -0.381. The molecule has 1 rings (SSSR count). The van der Waals surface area contributed by atoms with Crippen LogP contribution in [0.1, 0.15) is 140 Å². The molecular weight excluding hydrogens is 396 g/mol. The average Bonchev–Trinajstić information content (AvgIpc) is 2.76. The number of rotatable bonds is 18. The van der Waals surface area contributed by atoms with Crippen LogP contribution in [0.15, 0.2) is 24.3 Å². The van der Waals surface area contributed by atoms with E-state index in [9.17, 15) is 9.90 Å². The standard InChI is InChI=1S/C29H50O3/c1-5-6-7-8-9-10-11-12-13-14-15-16-17-20-25(30)23-24-32-28(31)26-21-18-19-22-27(26)29(2,3)4/h18-19,21-22,25,30H,5-17,20,23-24H2,1-4H3. The number of carbonyl (C=O) groups is 1. The van der Waals surface area contributed by atoms with Crippen LogP contribution in [0.5, 0.6) is 0 Å². The predicted octanol–water partition coefficient (Wildman–Crippen LogP) is 8.37. The summed E-state index contributed by atoms with van der Waals surface area (Å²) in [6.45, 7) is 8.83. The van der Waals surface area contributed by atoms with E-state index >= 15 is 0 Å². The van der Waals surface area contributed by atoms with Crippen molar-refractivity contribution in [2.24, 2.45) is 0 Å². The summed E-state index contributed by atoms with van der Waals surface area (Å²) >= 11 is 0. The molecule has 0 spiro atoms. The molecule has 3 heteroatoms. The van der Waals surface area contributed by atoms with Gasteiger partial charge in [-0.3, -0.25) is 0 Å². The van der Waals surface area contributed by atoms with Crippen LogP contribution in [0.2, 0.25) is 0 Å². The molecule has 0 saturated carbocycles. The molecule has 0 aliphatic heterocycles. The number of benzene rings is 1. The Kier molecular flexibility index (Phi) is 15.4. The molecule has 1 atom stereocenters. The van der Waals surface area contributed by atoms with Crippen molar-refractivity contribution in [2.75, 3.05) is 6.61 Å². The number of hydrogen-bond acceptors (Lipinski definition) is 3. The molecule has 0 amide bonds. The highest BCUT2D eigenvalue weighted by molar-refractivity contribution is 5.91. The van der Waals surface area contributed by atoms with Gasteiger partial charge in [0, 0.05) is 6.42 Å². The minimum absolute atomic E-state index is 0.108. The molecular formula is C29H50O3. The third-order valence-electron chi connectivity index (χ3n) is 6.28. The van der Waals surface area contributed by atoms with Crippen LogP contribution in [0.25, 0.3) is 0 Å². The van der Waals surface area contributed by atoms with Crippen molar-refractivity contribution < 1.29 is 14.6 Å². The van der Waals surface area contributed by atoms with E-state index in [4.69, 9.17) is 4.74 Å². The maximum absolute atomic E-state index is 12.5. The quantitative estimate of drug-likeness (QED) is 0.182. The van der Waals surface area contributed by atoms with Gasteiger partial charge in [0.1, 0.15) is 0 Å². The van der Waals surface area contributed by atoms with Crippen molar-refractivity contribution in [1.29, 1.82) is 0 Å². The number of unbranched alkanes of at least 4 members (excludes halogenated alkanes) is 12. The summed E-state index contributed by atoms with van der Waals surface area (Å²) in [4.78, 5) is 12.5. The summed E-state index contributed by atoms with van der Waals surface area (Å²) < 4.78 is 5.45. The molecule has 0 radical (unpaired) electrons. The Morgan fingerprint density at radius 2 is 1.31 bits per heavy atom. The lowest BCUT2D eigenvalue weighted by Crippen LogP contribution is -2.19. The molecule has 0 saturated heterocycles. The zero-order valence-electron chi connectivity index (χ0n) is 21.5. The number of aliphatic hydroxyl groups excluding tert-OH is 1. The van der Waals surface area contributed by atoms with Gasteiger partial charge >= 0.3 is 5.97 Å². The molecule has 0 heterocycles. The van der Waals surface area contributed by atoms with Crippen LogP contribution in [0.4, 0.5) is 0 Å². The normalized spacial score (nSPS) is 12.7. The third-order valence-corrected chi connectivity index (χ3v) is 6.28. The zero-order valence-corrected chi connectivity index (χ0v) is 21.5. The Balaban J connectivity index is 2.03. The topological polar surface area (TPSA) is 46.5 Å². The fourth-order valence-corrected chi connectivity index (χ4v) is 4.22. The molecule has 0 aliphatic rings. The van der Waals surface area contributed by atoms with Crippen LogP contribution < -0.4 is 0 Å². The second kappa shape index (κ2) is 17.2. The lowest BCUT2D eigenvalue weighted by atomic mass is 9.84. The SMILES string of the molecule is CCCCCCCCCCCCCCCC(O)CCOC(=O)c1ccccc1C(C)(C)C. The van der Waals surface area contributed by atoms with Gasteiger partial charge in [-0.25, -0.2) is 4.79 Å². The van der Waals surface area contributed by atoms with Gasteiger partial charge in [-0.15, -0.1) is 0 Å². The Hall–Kier alpha value is -1.35. The van der Waals surface area contributed by atoms with Gasteiger partial charge in [-0.1, -0.05) is 129 Å². The fourth-order valence-electron chi connectivity index (χ4n) is 4.22. The molecule has 0 bridgehead atoms. The van der Waals surface area contributed by atoms with Gasteiger partial charge in [0.25, 0.3) is 0 Å². The second-order valence-corrected chi connectivity index (χ2v) is 10.4. The van der Waals surface area contributed by atoms with Crippen molar-refractivity contribution >= 4 is 5.97 Å². The number of hydrogen-bond donors (Lipinski definition) is 1. The number of aliphatic hydroxyl groups is 1. The lowest BCUT2D eigenvalue weighted by molar-refractivity contribution is 0.0419. The molecule has 0 fully saturated rings. The fraction of sp³-hybridized carbons (Fsp3) is 0.759. The highest BCUT2D eigenvalue weighted by atomic mass is 16.5. The third kappa shape index (κ3) is 13.3. The van der Waals surface area contributed by atoms with E-state index < -0.39 is 0 Å². The van der Waals surface area contributed by atoms with Crippen LogP contribution >= 0.6 is 0 Å². The first-order valence-corrected chi connectivity index (χ1v) is 13.3. The smallest absolute Gasteiger partial charge is 0.338 e. The molecule has 1 aromatic rings. The molecule has 1 N–H and O–H groups in total. The molecule has 0 aromatic heterocycles. The first kappa shape index (κ1) is 28.7. The number of carbonyl (C=O) groups excluding carboxylic acids is 1. The summed E-state index contributed by atoms with van der Waals surface area (Å²) in [7, 11) is 0.